The summed E-state index contributed by atoms with van der Waals surface area (Å²) in [5, 5.41) is 6.33. The summed E-state index contributed by atoms with van der Waals surface area (Å²) in [5.41, 5.74) is 0.0858. The zero-order valence-corrected chi connectivity index (χ0v) is 26.9. The lowest BCUT2D eigenvalue weighted by atomic mass is 9.89. The van der Waals surface area contributed by atoms with Gasteiger partial charge in [-0.15, -0.1) is 11.3 Å². The van der Waals surface area contributed by atoms with Gasteiger partial charge in [-0.2, -0.15) is 0 Å². The lowest BCUT2D eigenvalue weighted by Crippen LogP contribution is -2.37. The molecule has 43 heavy (non-hydrogen) atoms. The van der Waals surface area contributed by atoms with E-state index in [4.69, 9.17) is 4.74 Å². The van der Waals surface area contributed by atoms with Crippen molar-refractivity contribution >= 4 is 60.1 Å². The second-order valence-electron chi connectivity index (χ2n) is 11.0. The van der Waals surface area contributed by atoms with Crippen LogP contribution in [0.2, 0.25) is 0 Å². The summed E-state index contributed by atoms with van der Waals surface area (Å²) < 4.78 is 34.1. The van der Waals surface area contributed by atoms with Crippen LogP contribution in [0.3, 0.4) is 0 Å². The van der Waals surface area contributed by atoms with Crippen LogP contribution in [-0.4, -0.2) is 42.7 Å². The van der Waals surface area contributed by atoms with E-state index in [1.165, 1.54) is 15.6 Å². The fraction of sp³-hybridized carbons (Fsp3) is 0.258. The Balaban J connectivity index is 1.33. The van der Waals surface area contributed by atoms with Gasteiger partial charge in [-0.3, -0.25) is 4.79 Å². The van der Waals surface area contributed by atoms with Crippen LogP contribution in [0, 0.1) is 5.92 Å². The Morgan fingerprint density at radius 3 is 2.40 bits per heavy atom. The number of halogens is 1. The number of nitrogens with one attached hydrogen (secondary N) is 2. The van der Waals surface area contributed by atoms with Crippen LogP contribution in [0.15, 0.2) is 106 Å². The molecule has 0 bridgehead atoms. The highest BCUT2D eigenvalue weighted by atomic mass is 79.9. The van der Waals surface area contributed by atoms with Gasteiger partial charge in [0.25, 0.3) is 10.0 Å². The molecule has 3 heterocycles. The predicted octanol–water partition coefficient (Wildman–Crippen LogP) is 6.60. The zero-order valence-electron chi connectivity index (χ0n) is 23.7. The summed E-state index contributed by atoms with van der Waals surface area (Å²) in [5.74, 6) is -1.05. The number of benzene rings is 2. The number of hydrogen-bond donors (Lipinski definition) is 2. The quantitative estimate of drug-likeness (QED) is 0.278. The molecule has 3 aromatic rings. The van der Waals surface area contributed by atoms with Crippen molar-refractivity contribution < 1.29 is 22.7 Å². The molecule has 0 spiro atoms. The van der Waals surface area contributed by atoms with Gasteiger partial charge in [0, 0.05) is 40.1 Å². The maximum atomic E-state index is 13.5. The van der Waals surface area contributed by atoms with Crippen molar-refractivity contribution in [2.45, 2.75) is 43.1 Å². The molecule has 0 saturated carbocycles. The van der Waals surface area contributed by atoms with E-state index in [-0.39, 0.29) is 29.2 Å². The number of alkyl carbamates (subject to hydrolysis) is 1. The molecular weight excluding hydrogens is 652 g/mol. The van der Waals surface area contributed by atoms with Crippen molar-refractivity contribution in [1.29, 1.82) is 0 Å². The topological polar surface area (TPSA) is 117 Å². The van der Waals surface area contributed by atoms with Crippen LogP contribution in [0.1, 0.15) is 43.0 Å². The number of hydrogen-bond acceptors (Lipinski definition) is 7. The van der Waals surface area contributed by atoms with Gasteiger partial charge in [0.2, 0.25) is 5.91 Å². The number of amides is 2. The average Bonchev–Trinajstić information content (AvgIpc) is 3.57. The van der Waals surface area contributed by atoms with Crippen molar-refractivity contribution in [3.63, 3.8) is 0 Å². The van der Waals surface area contributed by atoms with Gasteiger partial charge in [-0.25, -0.2) is 22.5 Å². The normalized spacial score (nSPS) is 18.5. The van der Waals surface area contributed by atoms with E-state index in [0.29, 0.717) is 10.8 Å². The third-order valence-electron chi connectivity index (χ3n) is 6.77. The molecule has 2 aliphatic heterocycles. The number of rotatable bonds is 8. The zero-order chi connectivity index (χ0) is 30.8. The van der Waals surface area contributed by atoms with Crippen molar-refractivity contribution in [3.8, 4) is 0 Å². The standard InChI is InChI=1S/C31H31BrN4O5S2/c1-31(2,3)41-30(38)34-19-24(20-10-6-4-7-11-20)29(37)35-26-18-25(32)27(42-26)22-14-16-33-28-23(22)15-17-36(28)43(39,40)21-12-8-5-9-13-21/h4-18,22-24H,19H2,1-3H3,(H,34,38)(H,35,37). The number of ether oxygens (including phenoxy) is 1. The maximum absolute atomic E-state index is 13.5. The van der Waals surface area contributed by atoms with Gasteiger partial charge in [0.15, 0.2) is 0 Å². The lowest BCUT2D eigenvalue weighted by Gasteiger charge is -2.26. The summed E-state index contributed by atoms with van der Waals surface area (Å²) >= 11 is 5.04. The van der Waals surface area contributed by atoms with Crippen LogP contribution >= 0.6 is 27.3 Å². The molecule has 2 aliphatic rings. The van der Waals surface area contributed by atoms with Crippen molar-refractivity contribution in [1.82, 2.24) is 9.62 Å². The molecule has 12 heteroatoms. The summed E-state index contributed by atoms with van der Waals surface area (Å²) in [6.07, 6.45) is 6.34. The van der Waals surface area contributed by atoms with E-state index in [9.17, 15) is 18.0 Å². The molecule has 2 aromatic carbocycles. The van der Waals surface area contributed by atoms with E-state index >= 15 is 0 Å². The van der Waals surface area contributed by atoms with Gasteiger partial charge in [0.1, 0.15) is 11.4 Å². The van der Waals surface area contributed by atoms with Gasteiger partial charge in [-0.05, 0) is 60.5 Å². The maximum Gasteiger partial charge on any atom is 0.407 e. The SMILES string of the molecule is CC(C)(C)OC(=O)NCC(C(=O)Nc1cc(Br)c(C2C=CN=C3C2C=CN3S(=O)(=O)c2ccccc2)s1)c1ccccc1. The number of amidine groups is 1. The molecule has 5 rings (SSSR count). The monoisotopic (exact) mass is 682 g/mol. The van der Waals surface area contributed by atoms with Crippen LogP contribution in [0.25, 0.3) is 0 Å². The average molecular weight is 684 g/mol. The molecule has 224 valence electrons. The van der Waals surface area contributed by atoms with Crippen molar-refractivity contribution in [3.05, 3.63) is 106 Å². The lowest BCUT2D eigenvalue weighted by molar-refractivity contribution is -0.117. The molecule has 1 aromatic heterocycles. The first kappa shape index (κ1) is 30.7. The fourth-order valence-electron chi connectivity index (χ4n) is 4.82. The molecule has 3 unspecified atom stereocenters. The second-order valence-corrected chi connectivity index (χ2v) is 14.7. The molecular formula is C31H31BrN4O5S2. The smallest absolute Gasteiger partial charge is 0.407 e. The van der Waals surface area contributed by atoms with Crippen LogP contribution < -0.4 is 10.6 Å². The van der Waals surface area contributed by atoms with Gasteiger partial charge in [0.05, 0.1) is 15.8 Å². The van der Waals surface area contributed by atoms with Crippen molar-refractivity contribution in [2.24, 2.45) is 10.9 Å². The molecule has 3 atom stereocenters. The third-order valence-corrected chi connectivity index (χ3v) is 10.5. The fourth-order valence-corrected chi connectivity index (χ4v) is 8.17. The van der Waals surface area contributed by atoms with Gasteiger partial charge < -0.3 is 15.4 Å². The number of anilines is 1. The van der Waals surface area contributed by atoms with E-state index < -0.39 is 27.6 Å². The number of carbonyl (C=O) groups is 2. The Kier molecular flexibility index (Phi) is 8.91. The van der Waals surface area contributed by atoms with E-state index in [1.54, 1.807) is 63.5 Å². The highest BCUT2D eigenvalue weighted by Gasteiger charge is 2.40. The Bertz CT molecular complexity index is 1700. The number of thiophene rings is 1. The summed E-state index contributed by atoms with van der Waals surface area (Å²) in [7, 11) is -3.82. The van der Waals surface area contributed by atoms with E-state index in [2.05, 4.69) is 31.6 Å². The molecule has 0 radical (unpaired) electrons. The Morgan fingerprint density at radius 2 is 1.72 bits per heavy atom. The molecule has 2 amide bonds. The number of carbonyl (C=O) groups excluding carboxylic acids is 2. The molecule has 2 N–H and O–H groups in total. The van der Waals surface area contributed by atoms with Gasteiger partial charge in [-0.1, -0.05) is 60.7 Å². The van der Waals surface area contributed by atoms with E-state index in [0.717, 1.165) is 14.9 Å². The van der Waals surface area contributed by atoms with E-state index in [1.807, 2.05) is 48.6 Å². The summed E-state index contributed by atoms with van der Waals surface area (Å²) in [6.45, 7) is 5.38. The minimum atomic E-state index is -3.82. The van der Waals surface area contributed by atoms with Crippen LogP contribution in [0.5, 0.6) is 0 Å². The summed E-state index contributed by atoms with van der Waals surface area (Å²) in [6, 6.07) is 19.3. The number of fused-ring (bicyclic) bond motifs is 1. The molecule has 0 aliphatic carbocycles. The minimum absolute atomic E-state index is 0.0495. The largest absolute Gasteiger partial charge is 0.444 e. The summed E-state index contributed by atoms with van der Waals surface area (Å²) in [4.78, 5) is 31.4. The first-order valence-corrected chi connectivity index (χ1v) is 16.6. The highest BCUT2D eigenvalue weighted by molar-refractivity contribution is 9.10. The van der Waals surface area contributed by atoms with Crippen LogP contribution in [-0.2, 0) is 19.6 Å². The molecule has 0 saturated heterocycles. The van der Waals surface area contributed by atoms with Gasteiger partial charge >= 0.3 is 6.09 Å². The first-order chi connectivity index (χ1) is 20.4. The van der Waals surface area contributed by atoms with Crippen molar-refractivity contribution in [2.75, 3.05) is 11.9 Å². The first-order valence-electron chi connectivity index (χ1n) is 13.6. The van der Waals surface area contributed by atoms with Crippen LogP contribution in [0.4, 0.5) is 9.80 Å². The molecule has 0 fully saturated rings. The number of allylic oxidation sites excluding steroid dienone is 1. The third kappa shape index (κ3) is 6.92. The second kappa shape index (κ2) is 12.5. The Morgan fingerprint density at radius 1 is 1.05 bits per heavy atom. The Hall–Kier alpha value is -3.74. The minimum Gasteiger partial charge on any atom is -0.444 e. The number of sulfonamides is 1. The number of nitrogens with zero attached hydrogens (tertiary/aromatic N) is 2. The predicted molar refractivity (Wildman–Crippen MR) is 171 cm³/mol. The number of aliphatic imine (C=N–C) groups is 1. The Labute approximate surface area is 263 Å². The molecule has 9 nitrogen and oxygen atoms in total. The highest BCUT2D eigenvalue weighted by Crippen LogP contribution is 2.45.